The number of hydrogen-bond acceptors (Lipinski definition) is 3. The number of benzene rings is 2. The molecule has 5 heteroatoms. The van der Waals surface area contributed by atoms with Gasteiger partial charge in [0, 0.05) is 34.5 Å². The molecule has 4 rings (SSSR count). The van der Waals surface area contributed by atoms with Crippen molar-refractivity contribution in [3.05, 3.63) is 75.1 Å². The van der Waals surface area contributed by atoms with Gasteiger partial charge in [0.15, 0.2) is 0 Å². The topological polar surface area (TPSA) is 12.5 Å². The van der Waals surface area contributed by atoms with Gasteiger partial charge in [-0.3, -0.25) is 4.90 Å². The maximum absolute atomic E-state index is 6.26. The van der Waals surface area contributed by atoms with Crippen molar-refractivity contribution in [2.45, 2.75) is 12.6 Å². The highest BCUT2D eigenvalue weighted by Crippen LogP contribution is 2.40. The molecule has 1 aromatic heterocycles. The van der Waals surface area contributed by atoms with Crippen LogP contribution >= 0.6 is 34.5 Å². The van der Waals surface area contributed by atoms with Crippen molar-refractivity contribution >= 4 is 34.5 Å². The summed E-state index contributed by atoms with van der Waals surface area (Å²) in [5, 5.41) is 1.05. The van der Waals surface area contributed by atoms with Gasteiger partial charge < -0.3 is 4.74 Å². The second-order valence-corrected chi connectivity index (χ2v) is 8.19. The Hall–Kier alpha value is -1.52. The summed E-state index contributed by atoms with van der Waals surface area (Å²) in [6, 6.07) is 18.2. The number of halogens is 2. The molecule has 0 aliphatic carbocycles. The fraction of sp³-hybridized carbons (Fsp3) is 0.200. The van der Waals surface area contributed by atoms with Crippen LogP contribution in [-0.2, 0) is 6.54 Å². The van der Waals surface area contributed by atoms with Gasteiger partial charge in [0.05, 0.1) is 10.0 Å². The number of likely N-dealkylation sites (N-methyl/N-ethyl adjacent to an activating group) is 1. The normalized spacial score (nSPS) is 17.3. The van der Waals surface area contributed by atoms with Gasteiger partial charge in [-0.05, 0) is 30.8 Å². The highest BCUT2D eigenvalue weighted by Gasteiger charge is 2.27. The minimum absolute atomic E-state index is 0.0142. The standard InChI is InChI=1S/C20H17Cl2NOS/c1-23-11-18(24-14-7-8-16(21)17(22)9-14)15-10-19(25-20(15)12-23)13-5-3-2-4-6-13/h2-10,18H,11-12H2,1H3. The zero-order valence-electron chi connectivity index (χ0n) is 13.7. The molecule has 0 N–H and O–H groups in total. The third-order valence-electron chi connectivity index (χ3n) is 4.31. The van der Waals surface area contributed by atoms with Crippen LogP contribution in [0, 0.1) is 0 Å². The molecule has 0 radical (unpaired) electrons. The van der Waals surface area contributed by atoms with Gasteiger partial charge in [0.2, 0.25) is 0 Å². The lowest BCUT2D eigenvalue weighted by molar-refractivity contribution is 0.131. The van der Waals surface area contributed by atoms with Gasteiger partial charge in [-0.15, -0.1) is 11.3 Å². The Kier molecular flexibility index (Phi) is 4.74. The molecule has 1 unspecified atom stereocenters. The van der Waals surface area contributed by atoms with E-state index in [9.17, 15) is 0 Å². The van der Waals surface area contributed by atoms with Gasteiger partial charge >= 0.3 is 0 Å². The molecule has 3 aromatic rings. The van der Waals surface area contributed by atoms with Crippen LogP contribution in [0.2, 0.25) is 10.0 Å². The fourth-order valence-electron chi connectivity index (χ4n) is 3.09. The van der Waals surface area contributed by atoms with Crippen molar-refractivity contribution in [3.8, 4) is 16.2 Å². The Morgan fingerprint density at radius 1 is 1.04 bits per heavy atom. The predicted octanol–water partition coefficient (Wildman–Crippen LogP) is 6.29. The van der Waals surface area contributed by atoms with E-state index >= 15 is 0 Å². The number of fused-ring (bicyclic) bond motifs is 1. The molecule has 0 spiro atoms. The molecule has 1 aliphatic rings. The first-order chi connectivity index (χ1) is 12.1. The zero-order valence-corrected chi connectivity index (χ0v) is 16.0. The monoisotopic (exact) mass is 389 g/mol. The van der Waals surface area contributed by atoms with Crippen LogP contribution in [0.3, 0.4) is 0 Å². The predicted molar refractivity (Wildman–Crippen MR) is 106 cm³/mol. The highest BCUT2D eigenvalue weighted by atomic mass is 35.5. The average Bonchev–Trinajstić information content (AvgIpc) is 3.03. The minimum Gasteiger partial charge on any atom is -0.484 e. The van der Waals surface area contributed by atoms with Crippen molar-refractivity contribution in [1.82, 2.24) is 4.90 Å². The molecule has 128 valence electrons. The lowest BCUT2D eigenvalue weighted by Crippen LogP contribution is -2.31. The van der Waals surface area contributed by atoms with Gasteiger partial charge in [0.1, 0.15) is 11.9 Å². The van der Waals surface area contributed by atoms with E-state index in [1.54, 1.807) is 12.1 Å². The molecule has 1 atom stereocenters. The molecule has 0 amide bonds. The molecular weight excluding hydrogens is 373 g/mol. The summed E-state index contributed by atoms with van der Waals surface area (Å²) in [6.07, 6.45) is -0.0142. The van der Waals surface area contributed by atoms with E-state index in [-0.39, 0.29) is 6.10 Å². The second-order valence-electron chi connectivity index (χ2n) is 6.23. The van der Waals surface area contributed by atoms with Gasteiger partial charge in [-0.2, -0.15) is 0 Å². The fourth-order valence-corrected chi connectivity index (χ4v) is 4.68. The Balaban J connectivity index is 1.66. The van der Waals surface area contributed by atoms with E-state index in [1.807, 2.05) is 23.5 Å². The van der Waals surface area contributed by atoms with E-state index < -0.39 is 0 Å². The summed E-state index contributed by atoms with van der Waals surface area (Å²) in [4.78, 5) is 4.93. The number of hydrogen-bond donors (Lipinski definition) is 0. The molecular formula is C20H17Cl2NOS. The van der Waals surface area contributed by atoms with Gasteiger partial charge in [-0.25, -0.2) is 0 Å². The molecule has 0 fully saturated rings. The lowest BCUT2D eigenvalue weighted by Gasteiger charge is -2.30. The first kappa shape index (κ1) is 16.9. The van der Waals surface area contributed by atoms with Crippen molar-refractivity contribution in [2.24, 2.45) is 0 Å². The number of thiophene rings is 1. The molecule has 2 aromatic carbocycles. The minimum atomic E-state index is -0.0142. The van der Waals surface area contributed by atoms with Crippen LogP contribution in [-0.4, -0.2) is 18.5 Å². The summed E-state index contributed by atoms with van der Waals surface area (Å²) in [6.45, 7) is 1.80. The van der Waals surface area contributed by atoms with Crippen molar-refractivity contribution in [1.29, 1.82) is 0 Å². The van der Waals surface area contributed by atoms with E-state index in [1.165, 1.54) is 20.9 Å². The molecule has 1 aliphatic heterocycles. The zero-order chi connectivity index (χ0) is 17.4. The summed E-state index contributed by atoms with van der Waals surface area (Å²) in [5.41, 5.74) is 2.52. The van der Waals surface area contributed by atoms with E-state index in [0.717, 1.165) is 18.8 Å². The number of ether oxygens (including phenoxy) is 1. The van der Waals surface area contributed by atoms with E-state index in [4.69, 9.17) is 27.9 Å². The molecule has 0 saturated carbocycles. The molecule has 2 nitrogen and oxygen atoms in total. The molecule has 25 heavy (non-hydrogen) atoms. The summed E-state index contributed by atoms with van der Waals surface area (Å²) in [7, 11) is 2.12. The van der Waals surface area contributed by atoms with Crippen LogP contribution in [0.15, 0.2) is 54.6 Å². The van der Waals surface area contributed by atoms with Crippen LogP contribution < -0.4 is 4.74 Å². The number of rotatable bonds is 3. The molecule has 0 bridgehead atoms. The lowest BCUT2D eigenvalue weighted by atomic mass is 10.0. The third kappa shape index (κ3) is 3.56. The van der Waals surface area contributed by atoms with Crippen molar-refractivity contribution in [3.63, 3.8) is 0 Å². The van der Waals surface area contributed by atoms with Crippen LogP contribution in [0.25, 0.3) is 10.4 Å². The Bertz CT molecular complexity index is 894. The number of nitrogens with zero attached hydrogens (tertiary/aromatic N) is 1. The maximum Gasteiger partial charge on any atom is 0.137 e. The summed E-state index contributed by atoms with van der Waals surface area (Å²) in [5.74, 6) is 0.744. The summed E-state index contributed by atoms with van der Waals surface area (Å²) < 4.78 is 6.26. The Morgan fingerprint density at radius 3 is 2.60 bits per heavy atom. The van der Waals surface area contributed by atoms with E-state index in [0.29, 0.717) is 10.0 Å². The van der Waals surface area contributed by atoms with Crippen LogP contribution in [0.4, 0.5) is 0 Å². The second kappa shape index (κ2) is 7.00. The summed E-state index contributed by atoms with van der Waals surface area (Å²) >= 11 is 14.0. The first-order valence-corrected chi connectivity index (χ1v) is 9.65. The maximum atomic E-state index is 6.26. The Morgan fingerprint density at radius 2 is 1.84 bits per heavy atom. The van der Waals surface area contributed by atoms with Crippen LogP contribution in [0.1, 0.15) is 16.5 Å². The Labute approximate surface area is 161 Å². The van der Waals surface area contributed by atoms with Gasteiger partial charge in [-0.1, -0.05) is 53.5 Å². The third-order valence-corrected chi connectivity index (χ3v) is 6.23. The first-order valence-electron chi connectivity index (χ1n) is 8.08. The average molecular weight is 390 g/mol. The van der Waals surface area contributed by atoms with Crippen molar-refractivity contribution in [2.75, 3.05) is 13.6 Å². The smallest absolute Gasteiger partial charge is 0.137 e. The van der Waals surface area contributed by atoms with E-state index in [2.05, 4.69) is 42.3 Å². The quantitative estimate of drug-likeness (QED) is 0.521. The SMILES string of the molecule is CN1Cc2sc(-c3ccccc3)cc2C(Oc2ccc(Cl)c(Cl)c2)C1. The largest absolute Gasteiger partial charge is 0.484 e. The highest BCUT2D eigenvalue weighted by molar-refractivity contribution is 7.15. The van der Waals surface area contributed by atoms with Crippen LogP contribution in [0.5, 0.6) is 5.75 Å². The van der Waals surface area contributed by atoms with Gasteiger partial charge in [0.25, 0.3) is 0 Å². The molecule has 2 heterocycles. The van der Waals surface area contributed by atoms with Crippen molar-refractivity contribution < 1.29 is 4.74 Å². The molecule has 0 saturated heterocycles.